The second kappa shape index (κ2) is 15.4. The first-order chi connectivity index (χ1) is 18.0. The summed E-state index contributed by atoms with van der Waals surface area (Å²) in [5.41, 5.74) is 5.84. The van der Waals surface area contributed by atoms with Gasteiger partial charge in [-0.3, -0.25) is 9.80 Å². The first kappa shape index (κ1) is 40.4. The Kier molecular flexibility index (Phi) is 15.2. The normalized spacial score (nSPS) is 12.5. The predicted octanol–water partition coefficient (Wildman–Crippen LogP) is 9.65. The SMILES string of the molecule is Cc1cc(CN(C)C(C)(C)CC(C)(C)N(C)Cc2cc(C)cc(C(C)(C)C)c2O)c(O)c(C(C)(C)C)c1.[CH3-].[Cl][Zr+2][Cl]. The molecule has 0 atom stereocenters. The summed E-state index contributed by atoms with van der Waals surface area (Å²) in [7, 11) is 14.2. The quantitative estimate of drug-likeness (QED) is 0.272. The first-order valence-electron chi connectivity index (χ1n) is 14.0. The molecular weight excluding hydrogens is 631 g/mol. The van der Waals surface area contributed by atoms with Crippen molar-refractivity contribution in [3.63, 3.8) is 0 Å². The third-order valence-corrected chi connectivity index (χ3v) is 8.03. The van der Waals surface area contributed by atoms with Crippen molar-refractivity contribution in [3.05, 3.63) is 65.1 Å². The molecule has 0 spiro atoms. The number of phenolic OH excluding ortho intramolecular Hbond substituents is 2. The Hall–Kier alpha value is -0.577. The molecule has 0 amide bonds. The molecule has 2 aromatic carbocycles. The van der Waals surface area contributed by atoms with Crippen molar-refractivity contribution in [2.45, 2.75) is 125 Å². The second-order valence-electron chi connectivity index (χ2n) is 14.7. The monoisotopic (exact) mass is 685 g/mol. The molecule has 0 fully saturated rings. The van der Waals surface area contributed by atoms with Gasteiger partial charge in [0.1, 0.15) is 11.5 Å². The van der Waals surface area contributed by atoms with Gasteiger partial charge in [0, 0.05) is 35.3 Å². The summed E-state index contributed by atoms with van der Waals surface area (Å²) in [6.07, 6.45) is 0.921. The molecule has 0 aliphatic heterocycles. The number of halogens is 2. The fourth-order valence-electron chi connectivity index (χ4n) is 5.36. The van der Waals surface area contributed by atoms with Gasteiger partial charge in [-0.15, -0.1) is 0 Å². The molecule has 7 heteroatoms. The van der Waals surface area contributed by atoms with Gasteiger partial charge in [0.2, 0.25) is 0 Å². The van der Waals surface area contributed by atoms with Crippen LogP contribution in [0, 0.1) is 21.3 Å². The first-order valence-corrected chi connectivity index (χ1v) is 20.4. The van der Waals surface area contributed by atoms with Gasteiger partial charge in [-0.2, -0.15) is 0 Å². The molecule has 2 aromatic rings. The average Bonchev–Trinajstić information content (AvgIpc) is 2.76. The van der Waals surface area contributed by atoms with Crippen LogP contribution in [0.1, 0.15) is 109 Å². The van der Waals surface area contributed by atoms with E-state index >= 15 is 0 Å². The van der Waals surface area contributed by atoms with Crippen molar-refractivity contribution in [2.24, 2.45) is 0 Å². The van der Waals surface area contributed by atoms with Gasteiger partial charge in [0.05, 0.1) is 0 Å². The maximum atomic E-state index is 11.1. The van der Waals surface area contributed by atoms with Crippen LogP contribution in [0.5, 0.6) is 11.5 Å². The molecule has 0 aromatic heterocycles. The number of aryl methyl sites for hydroxylation is 2. The zero-order valence-electron chi connectivity index (χ0n) is 28.5. The topological polar surface area (TPSA) is 46.9 Å². The van der Waals surface area contributed by atoms with Crippen LogP contribution in [0.3, 0.4) is 0 Å². The van der Waals surface area contributed by atoms with Crippen molar-refractivity contribution in [1.29, 1.82) is 0 Å². The number of benzene rings is 2. The Bertz CT molecular complexity index is 1050. The van der Waals surface area contributed by atoms with Crippen LogP contribution < -0.4 is 0 Å². The molecule has 0 saturated carbocycles. The standard InChI is InChI=1S/C33H54N2O2.CH3.2ClH.Zr/c1-22-15-24(28(36)26(17-22)30(3,4)5)19-34(13)32(9,10)21-33(11,12)35(14)20-25-16-23(2)18-27(29(25)37)31(6,7)8;;;;/h15-18,36-37H,19-21H2,1-14H3;1H3;2*1H;/q;-1;;;+4/p-2. The van der Waals surface area contributed by atoms with Crippen LogP contribution in [0.2, 0.25) is 0 Å². The van der Waals surface area contributed by atoms with Crippen LogP contribution in [-0.4, -0.2) is 45.2 Å². The fraction of sp³-hybridized carbons (Fsp3) is 0.618. The van der Waals surface area contributed by atoms with E-state index in [-0.39, 0.29) is 29.3 Å². The second-order valence-corrected chi connectivity index (χ2v) is 18.5. The summed E-state index contributed by atoms with van der Waals surface area (Å²) < 4.78 is 0. The van der Waals surface area contributed by atoms with E-state index in [9.17, 15) is 10.2 Å². The van der Waals surface area contributed by atoms with Crippen LogP contribution in [0.25, 0.3) is 0 Å². The van der Waals surface area contributed by atoms with Crippen LogP contribution >= 0.6 is 17.0 Å². The van der Waals surface area contributed by atoms with E-state index in [0.29, 0.717) is 24.6 Å². The average molecular weight is 688 g/mol. The minimum absolute atomic E-state index is 0. The van der Waals surface area contributed by atoms with Gasteiger partial charge in [-0.25, -0.2) is 0 Å². The molecule has 4 nitrogen and oxygen atoms in total. The molecule has 0 heterocycles. The molecule has 0 saturated heterocycles. The Morgan fingerprint density at radius 1 is 0.634 bits per heavy atom. The predicted molar refractivity (Wildman–Crippen MR) is 177 cm³/mol. The van der Waals surface area contributed by atoms with E-state index in [0.717, 1.165) is 28.7 Å². The number of hydrogen-bond donors (Lipinski definition) is 2. The van der Waals surface area contributed by atoms with Crippen LogP contribution in [0.4, 0.5) is 0 Å². The van der Waals surface area contributed by atoms with Crippen LogP contribution in [0.15, 0.2) is 24.3 Å². The van der Waals surface area contributed by atoms with Crippen LogP contribution in [-0.2, 0) is 44.8 Å². The Morgan fingerprint density at radius 2 is 0.902 bits per heavy atom. The third-order valence-electron chi connectivity index (χ3n) is 8.03. The van der Waals surface area contributed by atoms with Crippen molar-refractivity contribution >= 4 is 17.0 Å². The molecule has 2 rings (SSSR count). The number of rotatable bonds is 8. The van der Waals surface area contributed by atoms with Gasteiger partial charge in [0.25, 0.3) is 0 Å². The van der Waals surface area contributed by atoms with E-state index in [1.54, 1.807) is 0 Å². The molecule has 41 heavy (non-hydrogen) atoms. The van der Waals surface area contributed by atoms with E-state index in [1.165, 1.54) is 11.1 Å². The Morgan fingerprint density at radius 3 is 1.15 bits per heavy atom. The molecule has 0 unspecified atom stereocenters. The zero-order valence-corrected chi connectivity index (χ0v) is 32.4. The van der Waals surface area contributed by atoms with Gasteiger partial charge in [-0.1, -0.05) is 76.9 Å². The van der Waals surface area contributed by atoms with Crippen molar-refractivity contribution < 1.29 is 31.1 Å². The Balaban J connectivity index is 0.00000382. The van der Waals surface area contributed by atoms with E-state index < -0.39 is 20.8 Å². The van der Waals surface area contributed by atoms with Crippen molar-refractivity contribution in [1.82, 2.24) is 9.80 Å². The van der Waals surface area contributed by atoms with Gasteiger partial charge >= 0.3 is 37.9 Å². The fourth-order valence-corrected chi connectivity index (χ4v) is 5.36. The number of aromatic hydroxyl groups is 2. The molecule has 232 valence electrons. The summed E-state index contributed by atoms with van der Waals surface area (Å²) in [6, 6.07) is 8.44. The summed E-state index contributed by atoms with van der Waals surface area (Å²) >= 11 is -0.826. The van der Waals surface area contributed by atoms with E-state index in [2.05, 4.69) is 131 Å². The molecule has 0 bridgehead atoms. The van der Waals surface area contributed by atoms with E-state index in [4.69, 9.17) is 17.0 Å². The zero-order chi connectivity index (χ0) is 31.4. The molecule has 2 N–H and O–H groups in total. The Labute approximate surface area is 271 Å². The number of hydrogen-bond acceptors (Lipinski definition) is 4. The maximum absolute atomic E-state index is 11.1. The van der Waals surface area contributed by atoms with Crippen molar-refractivity contribution in [2.75, 3.05) is 14.1 Å². The summed E-state index contributed by atoms with van der Waals surface area (Å²) in [5.74, 6) is 0.836. The van der Waals surface area contributed by atoms with Gasteiger partial charge in [0.15, 0.2) is 0 Å². The summed E-state index contributed by atoms with van der Waals surface area (Å²) in [6.45, 7) is 27.6. The third kappa shape index (κ3) is 11.5. The molecule has 0 aliphatic carbocycles. The molecule has 0 radical (unpaired) electrons. The summed E-state index contributed by atoms with van der Waals surface area (Å²) in [5, 5.41) is 22.2. The number of nitrogens with zero attached hydrogens (tertiary/aromatic N) is 2. The summed E-state index contributed by atoms with van der Waals surface area (Å²) in [4.78, 5) is 4.71. The van der Waals surface area contributed by atoms with Gasteiger partial charge < -0.3 is 17.6 Å². The van der Waals surface area contributed by atoms with E-state index in [1.807, 2.05) is 0 Å². The van der Waals surface area contributed by atoms with Crippen molar-refractivity contribution in [3.8, 4) is 11.5 Å². The molecular formula is C34H57Cl2N2O2Zr+. The number of phenols is 2. The minimum atomic E-state index is -0.826. The van der Waals surface area contributed by atoms with Gasteiger partial charge in [-0.05, 0) is 84.0 Å². The molecule has 0 aliphatic rings.